The zero-order valence-electron chi connectivity index (χ0n) is 27.3. The molecular weight excluding hydrogens is 644 g/mol. The molecule has 0 radical (unpaired) electrons. The van der Waals surface area contributed by atoms with Crippen LogP contribution in [0.25, 0.3) is 0 Å². The van der Waals surface area contributed by atoms with Gasteiger partial charge < -0.3 is 46.0 Å². The van der Waals surface area contributed by atoms with E-state index in [1.807, 2.05) is 30.3 Å². The first-order valence-electron chi connectivity index (χ1n) is 16.1. The molecule has 0 aromatic heterocycles. The number of para-hydroxylation sites is 3. The number of carbonyl (C=O) groups excluding carboxylic acids is 4. The van der Waals surface area contributed by atoms with E-state index in [2.05, 4.69) is 16.0 Å². The summed E-state index contributed by atoms with van der Waals surface area (Å²) >= 11 is 0. The van der Waals surface area contributed by atoms with E-state index in [0.29, 0.717) is 19.3 Å². The van der Waals surface area contributed by atoms with E-state index in [9.17, 15) is 39.6 Å². The Morgan fingerprint density at radius 3 is 1.86 bits per heavy atom. The number of hydrogen-bond acceptors (Lipinski definition) is 9. The molecule has 0 saturated carbocycles. The number of benzene rings is 4. The number of carbonyl (C=O) groups is 4. The first-order valence-corrected chi connectivity index (χ1v) is 16.1. The third-order valence-electron chi connectivity index (χ3n) is 7.66. The highest BCUT2D eigenvalue weighted by molar-refractivity contribution is 5.99. The highest BCUT2D eigenvalue weighted by Gasteiger charge is 2.19. The first kappa shape index (κ1) is 36.6. The lowest BCUT2D eigenvalue weighted by Crippen LogP contribution is -2.42. The van der Waals surface area contributed by atoms with Crippen molar-refractivity contribution in [3.05, 3.63) is 113 Å². The summed E-state index contributed by atoms with van der Waals surface area (Å²) in [5, 5.41) is 48.0. The van der Waals surface area contributed by atoms with Crippen molar-refractivity contribution in [2.45, 2.75) is 25.9 Å². The van der Waals surface area contributed by atoms with E-state index in [-0.39, 0.29) is 73.3 Å². The van der Waals surface area contributed by atoms with Crippen molar-refractivity contribution in [2.75, 3.05) is 32.7 Å². The van der Waals surface area contributed by atoms with Crippen LogP contribution in [-0.2, 0) is 11.4 Å². The number of hydrogen-bond donors (Lipinski definition) is 7. The van der Waals surface area contributed by atoms with E-state index in [4.69, 9.17) is 4.74 Å². The Morgan fingerprint density at radius 2 is 1.12 bits per heavy atom. The number of nitrogens with one attached hydrogen (secondary N) is 3. The molecule has 0 aliphatic heterocycles. The van der Waals surface area contributed by atoms with Crippen molar-refractivity contribution in [1.29, 1.82) is 0 Å². The lowest BCUT2D eigenvalue weighted by atomic mass is 10.1. The topological polar surface area (TPSA) is 198 Å². The van der Waals surface area contributed by atoms with E-state index in [0.717, 1.165) is 5.56 Å². The summed E-state index contributed by atoms with van der Waals surface area (Å²) in [5.74, 6) is -3.30. The Morgan fingerprint density at radius 1 is 0.560 bits per heavy atom. The zero-order chi connectivity index (χ0) is 35.9. The summed E-state index contributed by atoms with van der Waals surface area (Å²) in [6.45, 7) is 0.738. The number of phenols is 4. The minimum atomic E-state index is -0.614. The lowest BCUT2D eigenvalue weighted by molar-refractivity contribution is -0.130. The third-order valence-corrected chi connectivity index (χ3v) is 7.66. The van der Waals surface area contributed by atoms with Crippen molar-refractivity contribution in [1.82, 2.24) is 20.9 Å². The van der Waals surface area contributed by atoms with Crippen LogP contribution in [0.15, 0.2) is 91.0 Å². The second kappa shape index (κ2) is 18.3. The molecule has 0 unspecified atom stereocenters. The van der Waals surface area contributed by atoms with Gasteiger partial charge in [0.2, 0.25) is 5.91 Å². The zero-order valence-corrected chi connectivity index (χ0v) is 27.3. The summed E-state index contributed by atoms with van der Waals surface area (Å²) in [6, 6.07) is 23.9. The van der Waals surface area contributed by atoms with Crippen molar-refractivity contribution in [3.8, 4) is 28.7 Å². The van der Waals surface area contributed by atoms with Crippen molar-refractivity contribution >= 4 is 23.6 Å². The fourth-order valence-electron chi connectivity index (χ4n) is 4.98. The van der Waals surface area contributed by atoms with Crippen LogP contribution in [0.2, 0.25) is 0 Å². The predicted octanol–water partition coefficient (Wildman–Crippen LogP) is 3.68. The minimum absolute atomic E-state index is 0.0286. The van der Waals surface area contributed by atoms with Crippen LogP contribution in [0.3, 0.4) is 0 Å². The Balaban J connectivity index is 1.29. The summed E-state index contributed by atoms with van der Waals surface area (Å²) in [5.41, 5.74) is 0.990. The number of aromatic hydroxyl groups is 4. The van der Waals surface area contributed by atoms with Gasteiger partial charge in [-0.25, -0.2) is 0 Å². The maximum atomic E-state index is 13.2. The number of phenolic OH excluding ortho intramolecular Hbond substituents is 4. The number of unbranched alkanes of at least 4 members (excludes halogenated alkanes) is 1. The number of nitrogens with zero attached hydrogens (tertiary/aromatic N) is 1. The van der Waals surface area contributed by atoms with Gasteiger partial charge in [-0.05, 0) is 61.2 Å². The van der Waals surface area contributed by atoms with E-state index >= 15 is 0 Å². The fourth-order valence-corrected chi connectivity index (χ4v) is 4.98. The maximum Gasteiger partial charge on any atom is 0.255 e. The highest BCUT2D eigenvalue weighted by Crippen LogP contribution is 2.31. The molecule has 0 aliphatic carbocycles. The number of rotatable bonds is 17. The summed E-state index contributed by atoms with van der Waals surface area (Å²) < 4.78 is 5.78. The molecule has 0 fully saturated rings. The summed E-state index contributed by atoms with van der Waals surface area (Å²) in [4.78, 5) is 52.8. The molecule has 4 aromatic rings. The molecule has 7 N–H and O–H groups in total. The van der Waals surface area contributed by atoms with E-state index in [1.165, 1.54) is 41.3 Å². The third kappa shape index (κ3) is 10.4. The molecule has 0 saturated heterocycles. The summed E-state index contributed by atoms with van der Waals surface area (Å²) in [7, 11) is 0. The molecular formula is C37H40N4O9. The van der Waals surface area contributed by atoms with Crippen molar-refractivity contribution in [2.24, 2.45) is 0 Å². The molecule has 262 valence electrons. The fraction of sp³-hybridized carbons (Fsp3) is 0.243. The molecule has 0 aliphatic rings. The van der Waals surface area contributed by atoms with Gasteiger partial charge in [-0.2, -0.15) is 0 Å². The van der Waals surface area contributed by atoms with Crippen LogP contribution < -0.4 is 20.7 Å². The maximum absolute atomic E-state index is 13.2. The molecule has 0 bridgehead atoms. The Bertz CT molecular complexity index is 1780. The van der Waals surface area contributed by atoms with Crippen LogP contribution >= 0.6 is 0 Å². The molecule has 4 rings (SSSR count). The normalized spacial score (nSPS) is 10.6. The molecule has 50 heavy (non-hydrogen) atoms. The van der Waals surface area contributed by atoms with Gasteiger partial charge in [-0.1, -0.05) is 54.6 Å². The van der Waals surface area contributed by atoms with Gasteiger partial charge in [-0.3, -0.25) is 19.2 Å². The standard InChI is InChI=1S/C37H40N4O9/c42-29-16-5-4-13-26(29)35(47)40-23-32(45)41(22-10-20-39-36(48)27-14-8-17-30(43)33(27)46)21-7-6-19-38-37(49)28-15-9-18-31(44)34(28)50-24-25-11-2-1-3-12-25/h1-5,8-9,11-18,42-44,46H,6-7,10,19-24H2,(H,38,49)(H,39,48)(H,40,47). The Hall–Kier alpha value is -6.24. The molecule has 13 heteroatoms. The monoisotopic (exact) mass is 684 g/mol. The quantitative estimate of drug-likeness (QED) is 0.0641. The van der Waals surface area contributed by atoms with Gasteiger partial charge in [0.15, 0.2) is 23.0 Å². The average molecular weight is 685 g/mol. The van der Waals surface area contributed by atoms with Crippen LogP contribution in [0.5, 0.6) is 28.7 Å². The largest absolute Gasteiger partial charge is 0.507 e. The molecule has 4 aromatic carbocycles. The van der Waals surface area contributed by atoms with Gasteiger partial charge in [0.05, 0.1) is 23.2 Å². The second-order valence-corrected chi connectivity index (χ2v) is 11.3. The van der Waals surface area contributed by atoms with Gasteiger partial charge in [-0.15, -0.1) is 0 Å². The van der Waals surface area contributed by atoms with Gasteiger partial charge in [0, 0.05) is 26.2 Å². The lowest BCUT2D eigenvalue weighted by Gasteiger charge is -2.23. The van der Waals surface area contributed by atoms with Crippen LogP contribution in [0.1, 0.15) is 55.9 Å². The highest BCUT2D eigenvalue weighted by atomic mass is 16.5. The second-order valence-electron chi connectivity index (χ2n) is 11.3. The van der Waals surface area contributed by atoms with Crippen LogP contribution in [0, 0.1) is 0 Å². The Labute approximate surface area is 289 Å². The smallest absolute Gasteiger partial charge is 0.255 e. The first-order chi connectivity index (χ1) is 24.2. The minimum Gasteiger partial charge on any atom is -0.507 e. The van der Waals surface area contributed by atoms with Crippen LogP contribution in [-0.4, -0.2) is 81.7 Å². The van der Waals surface area contributed by atoms with Gasteiger partial charge in [0.1, 0.15) is 12.4 Å². The molecule has 13 nitrogen and oxygen atoms in total. The number of ether oxygens (including phenoxy) is 1. The SMILES string of the molecule is O=C(NCC(=O)N(CCCCNC(=O)c1cccc(O)c1OCc1ccccc1)CCCNC(=O)c1cccc(O)c1O)c1ccccc1O. The van der Waals surface area contributed by atoms with E-state index in [1.54, 1.807) is 24.3 Å². The molecule has 0 spiro atoms. The molecule has 0 heterocycles. The van der Waals surface area contributed by atoms with Gasteiger partial charge in [0.25, 0.3) is 17.7 Å². The summed E-state index contributed by atoms with van der Waals surface area (Å²) in [6.07, 6.45) is 1.32. The Kier molecular flexibility index (Phi) is 13.4. The number of amides is 4. The van der Waals surface area contributed by atoms with Crippen LogP contribution in [0.4, 0.5) is 0 Å². The van der Waals surface area contributed by atoms with Crippen molar-refractivity contribution < 1.29 is 44.3 Å². The van der Waals surface area contributed by atoms with Gasteiger partial charge >= 0.3 is 0 Å². The molecule has 4 amide bonds. The van der Waals surface area contributed by atoms with Crippen molar-refractivity contribution in [3.63, 3.8) is 0 Å². The van der Waals surface area contributed by atoms with E-state index < -0.39 is 35.1 Å². The average Bonchev–Trinajstić information content (AvgIpc) is 3.12. The molecule has 0 atom stereocenters. The predicted molar refractivity (Wildman–Crippen MR) is 184 cm³/mol.